The van der Waals surface area contributed by atoms with E-state index in [0.29, 0.717) is 0 Å². The summed E-state index contributed by atoms with van der Waals surface area (Å²) in [5, 5.41) is 11.7. The third kappa shape index (κ3) is 5.26. The fourth-order valence-corrected chi connectivity index (χ4v) is 4.69. The van der Waals surface area contributed by atoms with Gasteiger partial charge in [0.15, 0.2) is 5.96 Å². The monoisotopic (exact) mass is 441 g/mol. The molecule has 0 amide bonds. The molecule has 1 saturated heterocycles. The molecule has 2 aromatic rings. The van der Waals surface area contributed by atoms with Gasteiger partial charge in [0.2, 0.25) is 0 Å². The van der Waals surface area contributed by atoms with Crippen LogP contribution in [0.25, 0.3) is 0 Å². The summed E-state index contributed by atoms with van der Waals surface area (Å²) in [7, 11) is 5.57. The van der Waals surface area contributed by atoms with Crippen LogP contribution in [0, 0.1) is 20.8 Å². The van der Waals surface area contributed by atoms with Crippen LogP contribution in [0.1, 0.15) is 47.8 Å². The van der Waals surface area contributed by atoms with Crippen LogP contribution < -0.4 is 15.4 Å². The van der Waals surface area contributed by atoms with Crippen molar-refractivity contribution >= 4 is 5.96 Å². The number of aryl methyl sites for hydroxylation is 3. The molecule has 1 fully saturated rings. The lowest BCUT2D eigenvalue weighted by Gasteiger charge is -2.39. The molecule has 0 saturated carbocycles. The number of nitrogens with one attached hydrogen (secondary N) is 2. The Balaban J connectivity index is 1.73. The molecule has 32 heavy (non-hydrogen) atoms. The molecule has 1 atom stereocenters. The third-order valence-electron chi connectivity index (χ3n) is 6.75. The first-order valence-corrected chi connectivity index (χ1v) is 11.5. The second-order valence-corrected chi connectivity index (χ2v) is 9.04. The van der Waals surface area contributed by atoms with E-state index < -0.39 is 0 Å². The maximum atomic E-state index is 5.74. The number of hydrogen-bond acceptors (Lipinski definition) is 4. The van der Waals surface area contributed by atoms with Gasteiger partial charge in [-0.1, -0.05) is 17.7 Å². The summed E-state index contributed by atoms with van der Waals surface area (Å²) >= 11 is 0. The van der Waals surface area contributed by atoms with Gasteiger partial charge in [0.05, 0.1) is 12.8 Å². The minimum atomic E-state index is -0.0625. The quantitative estimate of drug-likeness (QED) is 0.510. The van der Waals surface area contributed by atoms with Crippen LogP contribution >= 0.6 is 0 Å². The molecule has 0 aliphatic carbocycles. The van der Waals surface area contributed by atoms with Gasteiger partial charge in [-0.05, 0) is 58.6 Å². The first kappa shape index (κ1) is 24.1. The van der Waals surface area contributed by atoms with Crippen LogP contribution in [0.15, 0.2) is 23.2 Å². The van der Waals surface area contributed by atoms with E-state index in [4.69, 9.17) is 9.47 Å². The smallest absolute Gasteiger partial charge is 0.191 e. The topological polar surface area (TPSA) is 72.7 Å². The van der Waals surface area contributed by atoms with E-state index in [2.05, 4.69) is 66.6 Å². The van der Waals surface area contributed by atoms with Crippen molar-refractivity contribution < 1.29 is 9.47 Å². The summed E-state index contributed by atoms with van der Waals surface area (Å²) in [5.41, 5.74) is 6.04. The summed E-state index contributed by atoms with van der Waals surface area (Å²) in [4.78, 5) is 4.50. The predicted molar refractivity (Wildman–Crippen MR) is 130 cm³/mol. The Morgan fingerprint density at radius 2 is 2.00 bits per heavy atom. The molecule has 0 bridgehead atoms. The number of aliphatic imine (C=N–C) groups is 1. The Bertz CT molecular complexity index is 944. The number of aromatic nitrogens is 2. The lowest BCUT2D eigenvalue weighted by molar-refractivity contribution is 0.0505. The van der Waals surface area contributed by atoms with Gasteiger partial charge in [-0.3, -0.25) is 9.67 Å². The zero-order chi connectivity index (χ0) is 23.3. The van der Waals surface area contributed by atoms with Gasteiger partial charge >= 0.3 is 0 Å². The molecule has 1 aromatic heterocycles. The van der Waals surface area contributed by atoms with Gasteiger partial charge in [-0.2, -0.15) is 5.10 Å². The van der Waals surface area contributed by atoms with E-state index in [-0.39, 0.29) is 11.5 Å². The summed E-state index contributed by atoms with van der Waals surface area (Å²) in [6.45, 7) is 10.8. The zero-order valence-electron chi connectivity index (χ0n) is 20.7. The highest BCUT2D eigenvalue weighted by molar-refractivity contribution is 5.80. The number of methoxy groups -OCH3 is 1. The molecule has 0 radical (unpaired) electrons. The Morgan fingerprint density at radius 1 is 1.28 bits per heavy atom. The van der Waals surface area contributed by atoms with Crippen LogP contribution in [0.2, 0.25) is 0 Å². The van der Waals surface area contributed by atoms with Crippen LogP contribution in [0.5, 0.6) is 5.75 Å². The standard InChI is InChI=1S/C25H39N5O2/c1-17-8-9-23(31-7)22(14-17)25(10-12-32-13-11-25)16-27-24(26-5)28-18(2)15-21-19(3)29-30(6)20(21)4/h8-9,14,18H,10-13,15-16H2,1-7H3,(H2,26,27,28). The van der Waals surface area contributed by atoms with Crippen LogP contribution in [0.4, 0.5) is 0 Å². The van der Waals surface area contributed by atoms with Crippen molar-refractivity contribution in [1.29, 1.82) is 0 Å². The highest BCUT2D eigenvalue weighted by Gasteiger charge is 2.37. The van der Waals surface area contributed by atoms with E-state index in [9.17, 15) is 0 Å². The highest BCUT2D eigenvalue weighted by Crippen LogP contribution is 2.40. The third-order valence-corrected chi connectivity index (χ3v) is 6.75. The molecular weight excluding hydrogens is 402 g/mol. The van der Waals surface area contributed by atoms with E-state index >= 15 is 0 Å². The molecule has 7 nitrogen and oxygen atoms in total. The van der Waals surface area contributed by atoms with Crippen molar-refractivity contribution in [3.8, 4) is 5.75 Å². The Labute approximate surface area is 192 Å². The molecule has 176 valence electrons. The second kappa shape index (κ2) is 10.4. The fraction of sp³-hybridized carbons (Fsp3) is 0.600. The van der Waals surface area contributed by atoms with E-state index in [0.717, 1.165) is 56.4 Å². The molecular formula is C25H39N5O2. The molecule has 1 aliphatic heterocycles. The first-order chi connectivity index (χ1) is 15.3. The predicted octanol–water partition coefficient (Wildman–Crippen LogP) is 3.20. The van der Waals surface area contributed by atoms with E-state index in [1.54, 1.807) is 7.11 Å². The van der Waals surface area contributed by atoms with Crippen LogP contribution in [0.3, 0.4) is 0 Å². The van der Waals surface area contributed by atoms with Crippen molar-refractivity contribution in [2.45, 2.75) is 58.4 Å². The van der Waals surface area contributed by atoms with Crippen molar-refractivity contribution in [2.75, 3.05) is 33.9 Å². The lowest BCUT2D eigenvalue weighted by atomic mass is 9.73. The maximum absolute atomic E-state index is 5.74. The van der Waals surface area contributed by atoms with Crippen molar-refractivity contribution in [3.05, 3.63) is 46.3 Å². The SMILES string of the molecule is CN=C(NCC1(c2cc(C)ccc2OC)CCOCC1)NC(C)Cc1c(C)nn(C)c1C. The normalized spacial score (nSPS) is 17.2. The van der Waals surface area contributed by atoms with Gasteiger partial charge in [-0.15, -0.1) is 0 Å². The summed E-state index contributed by atoms with van der Waals surface area (Å²) < 4.78 is 13.4. The van der Waals surface area contributed by atoms with E-state index in [1.807, 2.05) is 18.8 Å². The van der Waals surface area contributed by atoms with Crippen molar-refractivity contribution in [2.24, 2.45) is 12.0 Å². The van der Waals surface area contributed by atoms with Gasteiger partial charge in [0, 0.05) is 56.6 Å². The molecule has 7 heteroatoms. The number of hydrogen-bond donors (Lipinski definition) is 2. The van der Waals surface area contributed by atoms with Crippen LogP contribution in [-0.4, -0.2) is 55.7 Å². The van der Waals surface area contributed by atoms with Gasteiger partial charge in [-0.25, -0.2) is 0 Å². The summed E-state index contributed by atoms with van der Waals surface area (Å²) in [6, 6.07) is 6.67. The number of benzene rings is 1. The number of nitrogens with zero attached hydrogens (tertiary/aromatic N) is 3. The Kier molecular flexibility index (Phi) is 7.82. The van der Waals surface area contributed by atoms with Gasteiger partial charge < -0.3 is 20.1 Å². The van der Waals surface area contributed by atoms with Crippen molar-refractivity contribution in [3.63, 3.8) is 0 Å². The first-order valence-electron chi connectivity index (χ1n) is 11.5. The van der Waals surface area contributed by atoms with Gasteiger partial charge in [0.1, 0.15) is 5.75 Å². The molecule has 3 rings (SSSR count). The Hall–Kier alpha value is -2.54. The number of ether oxygens (including phenoxy) is 2. The Morgan fingerprint density at radius 3 is 2.59 bits per heavy atom. The second-order valence-electron chi connectivity index (χ2n) is 9.04. The summed E-state index contributed by atoms with van der Waals surface area (Å²) in [5.74, 6) is 1.76. The number of guanidine groups is 1. The fourth-order valence-electron chi connectivity index (χ4n) is 4.69. The molecule has 2 N–H and O–H groups in total. The summed E-state index contributed by atoms with van der Waals surface area (Å²) in [6.07, 6.45) is 2.79. The lowest BCUT2D eigenvalue weighted by Crippen LogP contribution is -2.50. The largest absolute Gasteiger partial charge is 0.496 e. The average Bonchev–Trinajstić information content (AvgIpc) is 3.03. The highest BCUT2D eigenvalue weighted by atomic mass is 16.5. The van der Waals surface area contributed by atoms with Crippen LogP contribution in [-0.2, 0) is 23.6 Å². The molecule has 1 unspecified atom stereocenters. The number of rotatable bonds is 7. The zero-order valence-corrected chi connectivity index (χ0v) is 20.7. The molecule has 2 heterocycles. The molecule has 0 spiro atoms. The molecule has 1 aliphatic rings. The van der Waals surface area contributed by atoms with Gasteiger partial charge in [0.25, 0.3) is 0 Å². The average molecular weight is 442 g/mol. The minimum absolute atomic E-state index is 0.0625. The van der Waals surface area contributed by atoms with E-state index in [1.165, 1.54) is 22.4 Å². The maximum Gasteiger partial charge on any atom is 0.191 e. The van der Waals surface area contributed by atoms with Crippen molar-refractivity contribution in [1.82, 2.24) is 20.4 Å². The minimum Gasteiger partial charge on any atom is -0.496 e. The molecule has 1 aromatic carbocycles.